The molecule has 0 aliphatic carbocycles. The van der Waals surface area contributed by atoms with Crippen molar-refractivity contribution < 1.29 is 9.90 Å². The average Bonchev–Trinajstić information content (AvgIpc) is 2.56. The largest absolute Gasteiger partial charge is 0.478 e. The van der Waals surface area contributed by atoms with Crippen LogP contribution in [-0.4, -0.2) is 15.6 Å². The Hall–Kier alpha value is -1.77. The van der Waals surface area contributed by atoms with Crippen LogP contribution in [0.25, 0.3) is 10.9 Å². The van der Waals surface area contributed by atoms with Gasteiger partial charge in [0.15, 0.2) is 0 Å². The van der Waals surface area contributed by atoms with Gasteiger partial charge in [-0.25, -0.2) is 4.79 Å². The van der Waals surface area contributed by atoms with Gasteiger partial charge in [-0.3, -0.25) is 0 Å². The van der Waals surface area contributed by atoms with Crippen molar-refractivity contribution in [1.29, 1.82) is 0 Å². The average molecular weight is 217 g/mol. The lowest BCUT2D eigenvalue weighted by Gasteiger charge is -2.04. The molecule has 2 rings (SSSR count). The minimum absolute atomic E-state index is 0.398. The number of aromatic carboxylic acids is 1. The van der Waals surface area contributed by atoms with Crippen molar-refractivity contribution in [3.8, 4) is 0 Å². The van der Waals surface area contributed by atoms with E-state index in [-0.39, 0.29) is 0 Å². The monoisotopic (exact) mass is 217 g/mol. The Morgan fingerprint density at radius 3 is 2.62 bits per heavy atom. The molecular formula is C13H15NO2. The molecule has 3 nitrogen and oxygen atoms in total. The molecule has 3 heteroatoms. The van der Waals surface area contributed by atoms with Crippen molar-refractivity contribution in [3.63, 3.8) is 0 Å². The second kappa shape index (κ2) is 3.67. The molecule has 0 radical (unpaired) electrons. The van der Waals surface area contributed by atoms with Crippen molar-refractivity contribution in [1.82, 2.24) is 4.57 Å². The maximum Gasteiger partial charge on any atom is 0.337 e. The van der Waals surface area contributed by atoms with E-state index in [1.807, 2.05) is 37.5 Å². The van der Waals surface area contributed by atoms with Gasteiger partial charge in [-0.15, -0.1) is 0 Å². The molecule has 1 heterocycles. The summed E-state index contributed by atoms with van der Waals surface area (Å²) in [6.45, 7) is 6.79. The van der Waals surface area contributed by atoms with E-state index in [1.165, 1.54) is 0 Å². The summed E-state index contributed by atoms with van der Waals surface area (Å²) < 4.78 is 1.98. The summed E-state index contributed by atoms with van der Waals surface area (Å²) >= 11 is 0. The van der Waals surface area contributed by atoms with Gasteiger partial charge in [0.25, 0.3) is 0 Å². The van der Waals surface area contributed by atoms with E-state index < -0.39 is 5.97 Å². The molecule has 0 amide bonds. The summed E-state index contributed by atoms with van der Waals surface area (Å²) in [5.41, 5.74) is 3.60. The number of aryl methyl sites for hydroxylation is 3. The Bertz CT molecular complexity index is 567. The summed E-state index contributed by atoms with van der Waals surface area (Å²) in [6.07, 6.45) is 1.72. The highest BCUT2D eigenvalue weighted by molar-refractivity contribution is 6.05. The molecule has 0 unspecified atom stereocenters. The summed E-state index contributed by atoms with van der Waals surface area (Å²) in [5, 5.41) is 10.0. The van der Waals surface area contributed by atoms with Crippen LogP contribution in [0.2, 0.25) is 0 Å². The summed E-state index contributed by atoms with van der Waals surface area (Å²) in [7, 11) is 0. The van der Waals surface area contributed by atoms with Gasteiger partial charge in [0.2, 0.25) is 0 Å². The number of carboxylic acid groups (broad SMARTS) is 1. The molecule has 84 valence electrons. The molecule has 2 aromatic rings. The van der Waals surface area contributed by atoms with Gasteiger partial charge in [0, 0.05) is 23.6 Å². The highest BCUT2D eigenvalue weighted by Gasteiger charge is 2.15. The van der Waals surface area contributed by atoms with Crippen LogP contribution in [-0.2, 0) is 6.54 Å². The molecule has 0 bridgehead atoms. The molecule has 1 aromatic heterocycles. The summed E-state index contributed by atoms with van der Waals surface area (Å²) in [6, 6.07) is 4.06. The Morgan fingerprint density at radius 2 is 2.06 bits per heavy atom. The number of carboxylic acids is 1. The van der Waals surface area contributed by atoms with E-state index in [9.17, 15) is 9.90 Å². The van der Waals surface area contributed by atoms with Gasteiger partial charge in [0.1, 0.15) is 0 Å². The fourth-order valence-electron chi connectivity index (χ4n) is 2.24. The molecule has 1 aromatic carbocycles. The molecule has 0 aliphatic heterocycles. The predicted molar refractivity (Wildman–Crippen MR) is 64.0 cm³/mol. The van der Waals surface area contributed by atoms with Crippen LogP contribution in [0.4, 0.5) is 0 Å². The zero-order valence-corrected chi connectivity index (χ0v) is 9.74. The first-order chi connectivity index (χ1) is 7.54. The third kappa shape index (κ3) is 1.48. The quantitative estimate of drug-likeness (QED) is 0.840. The van der Waals surface area contributed by atoms with Gasteiger partial charge in [-0.1, -0.05) is 6.07 Å². The third-order valence-electron chi connectivity index (χ3n) is 2.89. The first kappa shape index (κ1) is 10.7. The summed E-state index contributed by atoms with van der Waals surface area (Å²) in [4.78, 5) is 11.2. The van der Waals surface area contributed by atoms with Crippen LogP contribution >= 0.6 is 0 Å². The third-order valence-corrected chi connectivity index (χ3v) is 2.89. The lowest BCUT2D eigenvalue weighted by molar-refractivity contribution is 0.0698. The molecule has 1 N–H and O–H groups in total. The Labute approximate surface area is 94.3 Å². The minimum atomic E-state index is -0.857. The standard InChI is InChI=1S/C13H15NO2/c1-4-14-7-10(13(15)16)12-9(3)5-8(2)6-11(12)14/h5-7H,4H2,1-3H3,(H,15,16). The molecule has 0 fully saturated rings. The predicted octanol–water partition coefficient (Wildman–Crippen LogP) is 2.98. The molecule has 0 atom stereocenters. The maximum absolute atomic E-state index is 11.2. The van der Waals surface area contributed by atoms with E-state index in [0.29, 0.717) is 5.56 Å². The van der Waals surface area contributed by atoms with E-state index in [1.54, 1.807) is 6.20 Å². The van der Waals surface area contributed by atoms with Gasteiger partial charge in [-0.2, -0.15) is 0 Å². The second-order valence-corrected chi connectivity index (χ2v) is 4.11. The number of hydrogen-bond acceptors (Lipinski definition) is 1. The van der Waals surface area contributed by atoms with Crippen molar-refractivity contribution in [2.24, 2.45) is 0 Å². The molecule has 0 spiro atoms. The van der Waals surface area contributed by atoms with Crippen LogP contribution in [0.5, 0.6) is 0 Å². The zero-order valence-electron chi connectivity index (χ0n) is 9.74. The number of benzene rings is 1. The topological polar surface area (TPSA) is 42.2 Å². The molecule has 0 saturated heterocycles. The minimum Gasteiger partial charge on any atom is -0.478 e. The van der Waals surface area contributed by atoms with Gasteiger partial charge < -0.3 is 9.67 Å². The number of nitrogens with zero attached hydrogens (tertiary/aromatic N) is 1. The van der Waals surface area contributed by atoms with Crippen LogP contribution in [0.3, 0.4) is 0 Å². The maximum atomic E-state index is 11.2. The van der Waals surface area contributed by atoms with Crippen molar-refractivity contribution in [3.05, 3.63) is 35.0 Å². The van der Waals surface area contributed by atoms with Crippen LogP contribution in [0, 0.1) is 13.8 Å². The molecule has 0 aliphatic rings. The van der Waals surface area contributed by atoms with Gasteiger partial charge >= 0.3 is 5.97 Å². The first-order valence-electron chi connectivity index (χ1n) is 5.38. The van der Waals surface area contributed by atoms with Crippen LogP contribution in [0.1, 0.15) is 28.4 Å². The molecule has 0 saturated carbocycles. The zero-order chi connectivity index (χ0) is 11.9. The van der Waals surface area contributed by atoms with E-state index in [4.69, 9.17) is 0 Å². The van der Waals surface area contributed by atoms with Crippen LogP contribution in [0.15, 0.2) is 18.3 Å². The Morgan fingerprint density at radius 1 is 1.38 bits per heavy atom. The fourth-order valence-corrected chi connectivity index (χ4v) is 2.24. The van der Waals surface area contributed by atoms with E-state index in [0.717, 1.165) is 28.6 Å². The summed E-state index contributed by atoms with van der Waals surface area (Å²) in [5.74, 6) is -0.857. The number of rotatable bonds is 2. The highest BCUT2D eigenvalue weighted by atomic mass is 16.4. The van der Waals surface area contributed by atoms with Crippen LogP contribution < -0.4 is 0 Å². The van der Waals surface area contributed by atoms with E-state index in [2.05, 4.69) is 0 Å². The van der Waals surface area contributed by atoms with Crippen molar-refractivity contribution in [2.45, 2.75) is 27.3 Å². The molecular weight excluding hydrogens is 202 g/mol. The smallest absolute Gasteiger partial charge is 0.337 e. The second-order valence-electron chi connectivity index (χ2n) is 4.11. The lowest BCUT2D eigenvalue weighted by atomic mass is 10.0. The first-order valence-corrected chi connectivity index (χ1v) is 5.38. The Balaban J connectivity index is 2.90. The SMILES string of the molecule is CCn1cc(C(=O)O)c2c(C)cc(C)cc21. The van der Waals surface area contributed by atoms with Gasteiger partial charge in [0.05, 0.1) is 5.56 Å². The number of carbonyl (C=O) groups is 1. The fraction of sp³-hybridized carbons (Fsp3) is 0.308. The molecule has 16 heavy (non-hydrogen) atoms. The number of aromatic nitrogens is 1. The lowest BCUT2D eigenvalue weighted by Crippen LogP contribution is -1.95. The van der Waals surface area contributed by atoms with E-state index >= 15 is 0 Å². The highest BCUT2D eigenvalue weighted by Crippen LogP contribution is 2.26. The normalized spacial score (nSPS) is 10.9. The number of fused-ring (bicyclic) bond motifs is 1. The Kier molecular flexibility index (Phi) is 2.46. The number of hydrogen-bond donors (Lipinski definition) is 1. The van der Waals surface area contributed by atoms with Crippen molar-refractivity contribution in [2.75, 3.05) is 0 Å². The van der Waals surface area contributed by atoms with Gasteiger partial charge in [-0.05, 0) is 38.0 Å². The van der Waals surface area contributed by atoms with Crippen molar-refractivity contribution >= 4 is 16.9 Å².